The molecule has 4 rings (SSSR count). The Labute approximate surface area is 215 Å². The van der Waals surface area contributed by atoms with Gasteiger partial charge >= 0.3 is 6.18 Å². The van der Waals surface area contributed by atoms with Crippen molar-refractivity contribution in [2.75, 3.05) is 30.7 Å². The van der Waals surface area contributed by atoms with E-state index in [1.807, 2.05) is 12.1 Å². The Morgan fingerprint density at radius 2 is 1.69 bits per heavy atom. The van der Waals surface area contributed by atoms with Crippen molar-refractivity contribution in [1.29, 1.82) is 0 Å². The molecular weight excluding hydrogens is 495 g/mol. The highest BCUT2D eigenvalue weighted by atomic mass is 35.5. The van der Waals surface area contributed by atoms with Gasteiger partial charge < -0.3 is 20.7 Å². The lowest BCUT2D eigenvalue weighted by Crippen LogP contribution is -2.40. The number of nitrogens with zero attached hydrogens (tertiary/aromatic N) is 1. The molecule has 1 aliphatic heterocycles. The normalized spacial score (nSPS) is 21.7. The van der Waals surface area contributed by atoms with Crippen LogP contribution in [0.15, 0.2) is 42.5 Å². The number of alkyl halides is 3. The van der Waals surface area contributed by atoms with Crippen molar-refractivity contribution in [2.45, 2.75) is 62.8 Å². The summed E-state index contributed by atoms with van der Waals surface area (Å²) in [6.07, 6.45) is 1.12. The molecule has 0 unspecified atom stereocenters. The summed E-state index contributed by atoms with van der Waals surface area (Å²) in [7, 11) is 0. The largest absolute Gasteiger partial charge is 0.418 e. The molecule has 0 aromatic heterocycles. The Balaban J connectivity index is 1.17. The number of thiocarbonyl (C=S) groups is 1. The first-order valence-corrected chi connectivity index (χ1v) is 12.9. The molecule has 35 heavy (non-hydrogen) atoms. The van der Waals surface area contributed by atoms with E-state index in [9.17, 15) is 13.2 Å². The lowest BCUT2D eigenvalue weighted by Gasteiger charge is -2.35. The van der Waals surface area contributed by atoms with Crippen LogP contribution in [-0.4, -0.2) is 41.7 Å². The third kappa shape index (κ3) is 7.02. The molecule has 0 bridgehead atoms. The highest BCUT2D eigenvalue weighted by Gasteiger charge is 2.33. The number of hydrogen-bond donors (Lipinski definition) is 2. The first-order chi connectivity index (χ1) is 16.7. The van der Waals surface area contributed by atoms with Gasteiger partial charge in [-0.15, -0.1) is 0 Å². The highest BCUT2D eigenvalue weighted by Crippen LogP contribution is 2.36. The van der Waals surface area contributed by atoms with Crippen LogP contribution in [0.5, 0.6) is 0 Å². The molecule has 2 aromatic rings. The molecule has 1 aliphatic carbocycles. The van der Waals surface area contributed by atoms with E-state index in [0.29, 0.717) is 18.2 Å². The molecule has 1 saturated carbocycles. The fourth-order valence-electron chi connectivity index (χ4n) is 4.98. The van der Waals surface area contributed by atoms with Gasteiger partial charge in [0.05, 0.1) is 18.3 Å². The zero-order valence-corrected chi connectivity index (χ0v) is 21.1. The maximum Gasteiger partial charge on any atom is 0.418 e. The molecule has 1 saturated heterocycles. The molecule has 2 aromatic carbocycles. The number of nitrogen functional groups attached to an aromatic ring is 1. The van der Waals surface area contributed by atoms with Crippen LogP contribution in [0.1, 0.15) is 55.6 Å². The number of likely N-dealkylation sites (tertiary alicyclic amines) is 1. The summed E-state index contributed by atoms with van der Waals surface area (Å²) in [5, 5.41) is 3.99. The van der Waals surface area contributed by atoms with Gasteiger partial charge in [0.1, 0.15) is 4.99 Å². The molecular formula is C26H31ClF3N3OS. The van der Waals surface area contributed by atoms with Crippen molar-refractivity contribution in [1.82, 2.24) is 4.90 Å². The summed E-state index contributed by atoms with van der Waals surface area (Å²) in [5.41, 5.74) is 6.21. The second-order valence-electron chi connectivity index (χ2n) is 9.44. The maximum absolute atomic E-state index is 13.1. The summed E-state index contributed by atoms with van der Waals surface area (Å²) in [5.74, 6) is 0.531. The van der Waals surface area contributed by atoms with Crippen molar-refractivity contribution < 1.29 is 17.9 Å². The van der Waals surface area contributed by atoms with Gasteiger partial charge in [0, 0.05) is 35.5 Å². The number of nitrogens with one attached hydrogen (secondary N) is 1. The van der Waals surface area contributed by atoms with E-state index in [1.165, 1.54) is 11.6 Å². The predicted molar refractivity (Wildman–Crippen MR) is 139 cm³/mol. The fraction of sp³-hybridized carbons (Fsp3) is 0.500. The summed E-state index contributed by atoms with van der Waals surface area (Å²) in [4.78, 5) is 3.09. The van der Waals surface area contributed by atoms with Crippen molar-refractivity contribution >= 4 is 40.2 Å². The van der Waals surface area contributed by atoms with Gasteiger partial charge in [0.15, 0.2) is 0 Å². The van der Waals surface area contributed by atoms with Crippen molar-refractivity contribution in [3.8, 4) is 0 Å². The van der Waals surface area contributed by atoms with Gasteiger partial charge in [-0.05, 0) is 80.3 Å². The number of nitrogens with two attached hydrogens (primary N) is 1. The number of piperidine rings is 1. The van der Waals surface area contributed by atoms with Crippen molar-refractivity contribution in [3.05, 3.63) is 58.6 Å². The topological polar surface area (TPSA) is 50.5 Å². The van der Waals surface area contributed by atoms with E-state index in [-0.39, 0.29) is 17.8 Å². The molecule has 4 nitrogen and oxygen atoms in total. The van der Waals surface area contributed by atoms with Crippen LogP contribution < -0.4 is 11.1 Å². The lowest BCUT2D eigenvalue weighted by molar-refractivity contribution is -0.136. The van der Waals surface area contributed by atoms with Crippen LogP contribution in [0, 0.1) is 0 Å². The minimum atomic E-state index is -4.46. The summed E-state index contributed by atoms with van der Waals surface area (Å²) in [6, 6.07) is 12.2. The molecule has 190 valence electrons. The third-order valence-corrected chi connectivity index (χ3v) is 7.66. The Hall–Kier alpha value is -2.03. The molecule has 0 amide bonds. The molecule has 0 spiro atoms. The summed E-state index contributed by atoms with van der Waals surface area (Å²) >= 11 is 11.6. The average molecular weight is 526 g/mol. The van der Waals surface area contributed by atoms with Gasteiger partial charge in [-0.25, -0.2) is 0 Å². The Kier molecular flexibility index (Phi) is 8.45. The minimum Gasteiger partial charge on any atom is -0.398 e. The van der Waals surface area contributed by atoms with Gasteiger partial charge in [-0.3, -0.25) is 0 Å². The van der Waals surface area contributed by atoms with Crippen molar-refractivity contribution in [3.63, 3.8) is 0 Å². The van der Waals surface area contributed by atoms with Crippen LogP contribution in [0.25, 0.3) is 0 Å². The van der Waals surface area contributed by atoms with E-state index in [2.05, 4.69) is 22.3 Å². The van der Waals surface area contributed by atoms with E-state index in [1.54, 1.807) is 6.07 Å². The predicted octanol–water partition coefficient (Wildman–Crippen LogP) is 6.89. The number of hydrogen-bond acceptors (Lipinski definition) is 4. The molecule has 9 heteroatoms. The van der Waals surface area contributed by atoms with Gasteiger partial charge in [0.25, 0.3) is 0 Å². The highest BCUT2D eigenvalue weighted by molar-refractivity contribution is 7.80. The van der Waals surface area contributed by atoms with Crippen molar-refractivity contribution in [2.24, 2.45) is 0 Å². The maximum atomic E-state index is 13.1. The second kappa shape index (κ2) is 11.4. The fourth-order valence-corrected chi connectivity index (χ4v) is 5.36. The van der Waals surface area contributed by atoms with E-state index in [0.717, 1.165) is 67.7 Å². The minimum absolute atomic E-state index is 0.110. The second-order valence-corrected chi connectivity index (χ2v) is 10.3. The first-order valence-electron chi connectivity index (χ1n) is 12.1. The molecule has 2 fully saturated rings. The summed E-state index contributed by atoms with van der Waals surface area (Å²) in [6.45, 7) is 2.29. The zero-order chi connectivity index (χ0) is 25.0. The third-order valence-electron chi connectivity index (χ3n) is 7.04. The SMILES string of the molecule is Nc1ccc(NC2CCC(OCC(=S)N3CCC(c4ccc(Cl)cc4)CC3)CC2)cc1C(F)(F)F. The molecule has 0 atom stereocenters. The monoisotopic (exact) mass is 525 g/mol. The number of ether oxygens (including phenoxy) is 1. The van der Waals surface area contributed by atoms with Gasteiger partial charge in [-0.2, -0.15) is 13.2 Å². The standard InChI is InChI=1S/C26H31ClF3N3OS/c27-19-3-1-17(2-4-19)18-11-13-33(14-12-18)25(35)16-34-22-8-5-20(6-9-22)32-21-7-10-24(31)23(15-21)26(28,29)30/h1-4,7,10,15,18,20,22,32H,5-6,8-9,11-14,16,31H2. The van der Waals surface area contributed by atoms with Crippen LogP contribution in [0.2, 0.25) is 5.02 Å². The molecule has 1 heterocycles. The van der Waals surface area contributed by atoms with E-state index < -0.39 is 11.7 Å². The quantitative estimate of drug-likeness (QED) is 0.318. The number of anilines is 2. The van der Waals surface area contributed by atoms with Crippen LogP contribution in [0.3, 0.4) is 0 Å². The van der Waals surface area contributed by atoms with E-state index >= 15 is 0 Å². The molecule has 3 N–H and O–H groups in total. The molecule has 0 radical (unpaired) electrons. The molecule has 2 aliphatic rings. The number of halogens is 4. The summed E-state index contributed by atoms with van der Waals surface area (Å²) < 4.78 is 45.4. The lowest BCUT2D eigenvalue weighted by atomic mass is 9.89. The smallest absolute Gasteiger partial charge is 0.398 e. The average Bonchev–Trinajstić information content (AvgIpc) is 2.84. The number of benzene rings is 2. The van der Waals surface area contributed by atoms with Crippen LogP contribution in [-0.2, 0) is 10.9 Å². The van der Waals surface area contributed by atoms with Crippen LogP contribution in [0.4, 0.5) is 24.5 Å². The van der Waals surface area contributed by atoms with E-state index in [4.69, 9.17) is 34.3 Å². The Morgan fingerprint density at radius 3 is 2.31 bits per heavy atom. The number of rotatable bonds is 6. The Morgan fingerprint density at radius 1 is 1.03 bits per heavy atom. The zero-order valence-electron chi connectivity index (χ0n) is 19.5. The van der Waals surface area contributed by atoms with Gasteiger partial charge in [-0.1, -0.05) is 36.0 Å². The Bertz CT molecular complexity index is 1000. The van der Waals surface area contributed by atoms with Crippen LogP contribution >= 0.6 is 23.8 Å². The first kappa shape index (κ1) is 26.0. The van der Waals surface area contributed by atoms with Gasteiger partial charge in [0.2, 0.25) is 0 Å².